The number of aromatic hydroxyl groups is 2. The van der Waals surface area contributed by atoms with Gasteiger partial charge in [0.25, 0.3) is 0 Å². The van der Waals surface area contributed by atoms with Crippen molar-refractivity contribution >= 4 is 5.78 Å². The van der Waals surface area contributed by atoms with Crippen LogP contribution in [-0.4, -0.2) is 22.6 Å². The van der Waals surface area contributed by atoms with E-state index < -0.39 is 0 Å². The number of ketones is 1. The molecule has 0 saturated heterocycles. The quantitative estimate of drug-likeness (QED) is 0.503. The van der Waals surface area contributed by atoms with Crippen molar-refractivity contribution in [2.75, 3.05) is 6.61 Å². The largest absolute Gasteiger partial charge is 0.507 e. The molecule has 0 aromatic heterocycles. The normalized spacial score (nSPS) is 10.5. The maximum absolute atomic E-state index is 12.7. The molecule has 0 heterocycles. The van der Waals surface area contributed by atoms with Crippen LogP contribution >= 0.6 is 0 Å². The zero-order valence-corrected chi connectivity index (χ0v) is 16.1. The highest BCUT2D eigenvalue weighted by Crippen LogP contribution is 2.40. The number of ether oxygens (including phenoxy) is 1. The van der Waals surface area contributed by atoms with Crippen molar-refractivity contribution in [1.29, 1.82) is 0 Å². The lowest BCUT2D eigenvalue weighted by Gasteiger charge is -2.17. The monoisotopic (exact) mass is 346 g/mol. The van der Waals surface area contributed by atoms with Crippen molar-refractivity contribution in [2.45, 2.75) is 54.4 Å². The summed E-state index contributed by atoms with van der Waals surface area (Å²) in [5.41, 5.74) is 2.96. The van der Waals surface area contributed by atoms with Crippen molar-refractivity contribution in [2.24, 2.45) is 5.92 Å². The molecular formula is C21H30O4. The molecule has 0 radical (unpaired) electrons. The fraction of sp³-hybridized carbons (Fsp3) is 0.476. The van der Waals surface area contributed by atoms with Crippen LogP contribution in [0.5, 0.6) is 17.2 Å². The molecule has 0 unspecified atom stereocenters. The summed E-state index contributed by atoms with van der Waals surface area (Å²) in [7, 11) is 0. The van der Waals surface area contributed by atoms with E-state index in [1.165, 1.54) is 6.07 Å². The first-order chi connectivity index (χ1) is 11.6. The van der Waals surface area contributed by atoms with Gasteiger partial charge in [-0.05, 0) is 46.1 Å². The van der Waals surface area contributed by atoms with Gasteiger partial charge in [-0.15, -0.1) is 0 Å². The molecule has 0 fully saturated rings. The van der Waals surface area contributed by atoms with E-state index in [1.54, 1.807) is 0 Å². The SMILES string of the molecule is CC(C)=CCOc1c(O)cc(O)c(C(=O)CC(C)C)c1CC=C(C)C. The van der Waals surface area contributed by atoms with Crippen LogP contribution in [0.15, 0.2) is 29.4 Å². The van der Waals surface area contributed by atoms with Crippen LogP contribution in [0, 0.1) is 5.92 Å². The van der Waals surface area contributed by atoms with Crippen LogP contribution in [0.2, 0.25) is 0 Å². The van der Waals surface area contributed by atoms with Gasteiger partial charge in [0.2, 0.25) is 0 Å². The second-order valence-electron chi connectivity index (χ2n) is 7.20. The number of phenols is 2. The Morgan fingerprint density at radius 1 is 1.08 bits per heavy atom. The summed E-state index contributed by atoms with van der Waals surface area (Å²) in [5.74, 6) is -0.0588. The Hall–Kier alpha value is -2.23. The molecular weight excluding hydrogens is 316 g/mol. The van der Waals surface area contributed by atoms with E-state index in [-0.39, 0.29) is 34.5 Å². The summed E-state index contributed by atoms with van der Waals surface area (Å²) in [4.78, 5) is 12.7. The van der Waals surface area contributed by atoms with Crippen LogP contribution in [0.1, 0.15) is 63.9 Å². The number of phenolic OH excluding ortho intramolecular Hbond substituents is 2. The number of hydrogen-bond acceptors (Lipinski definition) is 4. The molecule has 0 amide bonds. The Morgan fingerprint density at radius 2 is 1.68 bits per heavy atom. The van der Waals surface area contributed by atoms with E-state index in [0.29, 0.717) is 25.0 Å². The highest BCUT2D eigenvalue weighted by Gasteiger charge is 2.23. The van der Waals surface area contributed by atoms with Gasteiger partial charge in [0.05, 0.1) is 5.56 Å². The van der Waals surface area contributed by atoms with E-state index in [1.807, 2.05) is 53.7 Å². The number of hydrogen-bond donors (Lipinski definition) is 2. The lowest BCUT2D eigenvalue weighted by molar-refractivity contribution is 0.0964. The smallest absolute Gasteiger partial charge is 0.167 e. The van der Waals surface area contributed by atoms with Gasteiger partial charge in [0.1, 0.15) is 12.4 Å². The molecule has 1 aromatic rings. The maximum atomic E-state index is 12.7. The summed E-state index contributed by atoms with van der Waals surface area (Å²) < 4.78 is 5.74. The van der Waals surface area contributed by atoms with E-state index in [9.17, 15) is 15.0 Å². The predicted octanol–water partition coefficient (Wildman–Crippen LogP) is 5.18. The van der Waals surface area contributed by atoms with Gasteiger partial charge < -0.3 is 14.9 Å². The number of rotatable bonds is 8. The molecule has 138 valence electrons. The van der Waals surface area contributed by atoms with E-state index >= 15 is 0 Å². The van der Waals surface area contributed by atoms with Crippen LogP contribution in [0.25, 0.3) is 0 Å². The second kappa shape index (κ2) is 9.30. The molecule has 1 rings (SSSR count). The summed E-state index contributed by atoms with van der Waals surface area (Å²) in [6, 6.07) is 1.19. The van der Waals surface area contributed by atoms with Gasteiger partial charge in [-0.2, -0.15) is 0 Å². The molecule has 25 heavy (non-hydrogen) atoms. The Labute approximate surface area is 150 Å². The average Bonchev–Trinajstić information content (AvgIpc) is 2.45. The number of Topliss-reactive ketones (excluding diaryl/α,β-unsaturated/α-hetero) is 1. The lowest BCUT2D eigenvalue weighted by Crippen LogP contribution is -2.10. The van der Waals surface area contributed by atoms with Crippen LogP contribution < -0.4 is 4.74 Å². The fourth-order valence-electron chi connectivity index (χ4n) is 2.43. The van der Waals surface area contributed by atoms with Gasteiger partial charge in [-0.1, -0.05) is 31.1 Å². The van der Waals surface area contributed by atoms with Crippen molar-refractivity contribution in [3.8, 4) is 17.2 Å². The highest BCUT2D eigenvalue weighted by atomic mass is 16.5. The zero-order chi connectivity index (χ0) is 19.1. The standard InChI is InChI=1S/C21H30O4/c1-13(2)7-8-16-20(17(22)11-15(5)6)18(23)12-19(24)21(16)25-10-9-14(3)4/h7,9,12,15,23-24H,8,10-11H2,1-6H3. The van der Waals surface area contributed by atoms with Gasteiger partial charge in [-0.25, -0.2) is 0 Å². The maximum Gasteiger partial charge on any atom is 0.167 e. The molecule has 0 aliphatic carbocycles. The van der Waals surface area contributed by atoms with Gasteiger partial charge in [0.15, 0.2) is 17.3 Å². The molecule has 0 spiro atoms. The van der Waals surface area contributed by atoms with Crippen molar-refractivity contribution in [1.82, 2.24) is 0 Å². The number of carbonyl (C=O) groups is 1. The van der Waals surface area contributed by atoms with Gasteiger partial charge in [0, 0.05) is 18.1 Å². The Morgan fingerprint density at radius 3 is 2.20 bits per heavy atom. The third kappa shape index (κ3) is 6.29. The molecule has 2 N–H and O–H groups in total. The third-order valence-corrected chi connectivity index (χ3v) is 3.64. The van der Waals surface area contributed by atoms with E-state index in [0.717, 1.165) is 11.1 Å². The fourth-order valence-corrected chi connectivity index (χ4v) is 2.43. The molecule has 0 aliphatic heterocycles. The number of carbonyl (C=O) groups excluding carboxylic acids is 1. The molecule has 0 aliphatic rings. The Balaban J connectivity index is 3.44. The summed E-state index contributed by atoms with van der Waals surface area (Å²) >= 11 is 0. The van der Waals surface area contributed by atoms with Crippen LogP contribution in [-0.2, 0) is 6.42 Å². The first kappa shape index (κ1) is 20.8. The summed E-state index contributed by atoms with van der Waals surface area (Å²) in [6.45, 7) is 12.0. The topological polar surface area (TPSA) is 66.8 Å². The summed E-state index contributed by atoms with van der Waals surface area (Å²) in [6.07, 6.45) is 4.59. The molecule has 0 atom stereocenters. The number of benzene rings is 1. The van der Waals surface area contributed by atoms with Crippen molar-refractivity contribution in [3.05, 3.63) is 40.5 Å². The Kier molecular flexibility index (Phi) is 7.75. The first-order valence-electron chi connectivity index (χ1n) is 8.64. The summed E-state index contributed by atoms with van der Waals surface area (Å²) in [5, 5.41) is 20.5. The van der Waals surface area contributed by atoms with E-state index in [2.05, 4.69) is 0 Å². The van der Waals surface area contributed by atoms with Gasteiger partial charge in [-0.3, -0.25) is 4.79 Å². The minimum atomic E-state index is -0.199. The predicted molar refractivity (Wildman–Crippen MR) is 102 cm³/mol. The number of allylic oxidation sites excluding steroid dienone is 3. The van der Waals surface area contributed by atoms with Crippen molar-refractivity contribution in [3.63, 3.8) is 0 Å². The third-order valence-electron chi connectivity index (χ3n) is 3.64. The zero-order valence-electron chi connectivity index (χ0n) is 16.1. The molecule has 1 aromatic carbocycles. The highest BCUT2D eigenvalue weighted by molar-refractivity contribution is 6.01. The van der Waals surface area contributed by atoms with Crippen LogP contribution in [0.3, 0.4) is 0 Å². The minimum absolute atomic E-state index is 0.142. The van der Waals surface area contributed by atoms with E-state index in [4.69, 9.17) is 4.74 Å². The molecule has 0 saturated carbocycles. The van der Waals surface area contributed by atoms with Crippen molar-refractivity contribution < 1.29 is 19.7 Å². The molecule has 4 heteroatoms. The minimum Gasteiger partial charge on any atom is -0.507 e. The first-order valence-corrected chi connectivity index (χ1v) is 8.64. The van der Waals surface area contributed by atoms with Crippen LogP contribution in [0.4, 0.5) is 0 Å². The van der Waals surface area contributed by atoms with Gasteiger partial charge >= 0.3 is 0 Å². The molecule has 4 nitrogen and oxygen atoms in total. The lowest BCUT2D eigenvalue weighted by atomic mass is 9.93. The second-order valence-corrected chi connectivity index (χ2v) is 7.20. The molecule has 0 bridgehead atoms. The Bertz CT molecular complexity index is 674. The average molecular weight is 346 g/mol.